The summed E-state index contributed by atoms with van der Waals surface area (Å²) >= 11 is 0. The van der Waals surface area contributed by atoms with E-state index in [-0.39, 0.29) is 12.5 Å². The summed E-state index contributed by atoms with van der Waals surface area (Å²) in [6, 6.07) is 0. The first-order chi connectivity index (χ1) is 8.45. The normalized spacial score (nSPS) is 10.7. The number of amides is 1. The van der Waals surface area contributed by atoms with Crippen LogP contribution >= 0.6 is 0 Å². The number of rotatable bonds is 6. The number of aromatic nitrogens is 2. The van der Waals surface area contributed by atoms with E-state index in [4.69, 9.17) is 0 Å². The fraction of sp³-hybridized carbons (Fsp3) is 0.615. The van der Waals surface area contributed by atoms with Gasteiger partial charge in [0.05, 0.1) is 11.3 Å². The van der Waals surface area contributed by atoms with Gasteiger partial charge in [-0.15, -0.1) is 0 Å². The highest BCUT2D eigenvalue weighted by atomic mass is 16.2. The van der Waals surface area contributed by atoms with Crippen molar-refractivity contribution in [2.75, 3.05) is 6.54 Å². The first-order valence-electron chi connectivity index (χ1n) is 6.21. The summed E-state index contributed by atoms with van der Waals surface area (Å²) in [5.74, 6) is 0.499. The van der Waals surface area contributed by atoms with Gasteiger partial charge < -0.3 is 5.32 Å². The SMILES string of the molecule is Cc1nn(CC(=O)NCCC(C)C)c(C)c1C=O. The van der Waals surface area contributed by atoms with Gasteiger partial charge in [0.25, 0.3) is 0 Å². The quantitative estimate of drug-likeness (QED) is 0.779. The molecular formula is C13H21N3O2. The molecule has 0 radical (unpaired) electrons. The minimum Gasteiger partial charge on any atom is -0.354 e. The van der Waals surface area contributed by atoms with Crippen molar-refractivity contribution >= 4 is 12.2 Å². The van der Waals surface area contributed by atoms with Gasteiger partial charge in [-0.3, -0.25) is 14.3 Å². The van der Waals surface area contributed by atoms with Gasteiger partial charge in [-0.25, -0.2) is 0 Å². The molecular weight excluding hydrogens is 230 g/mol. The van der Waals surface area contributed by atoms with Crippen molar-refractivity contribution in [3.63, 3.8) is 0 Å². The van der Waals surface area contributed by atoms with Crippen LogP contribution in [0.15, 0.2) is 0 Å². The molecule has 0 aliphatic heterocycles. The van der Waals surface area contributed by atoms with Crippen molar-refractivity contribution < 1.29 is 9.59 Å². The van der Waals surface area contributed by atoms with E-state index in [1.54, 1.807) is 18.5 Å². The summed E-state index contributed by atoms with van der Waals surface area (Å²) in [6.07, 6.45) is 1.74. The monoisotopic (exact) mass is 251 g/mol. The molecule has 5 heteroatoms. The highest BCUT2D eigenvalue weighted by molar-refractivity contribution is 5.79. The van der Waals surface area contributed by atoms with Crippen LogP contribution < -0.4 is 5.32 Å². The lowest BCUT2D eigenvalue weighted by atomic mass is 10.1. The zero-order valence-corrected chi connectivity index (χ0v) is 11.5. The Labute approximate surface area is 108 Å². The molecule has 0 bridgehead atoms. The van der Waals surface area contributed by atoms with Gasteiger partial charge in [0, 0.05) is 12.2 Å². The minimum atomic E-state index is -0.0706. The number of carbonyl (C=O) groups excluding carboxylic acids is 2. The lowest BCUT2D eigenvalue weighted by Gasteiger charge is -2.08. The van der Waals surface area contributed by atoms with E-state index in [1.165, 1.54) is 0 Å². The molecule has 0 saturated heterocycles. The lowest BCUT2D eigenvalue weighted by Crippen LogP contribution is -2.29. The van der Waals surface area contributed by atoms with Crippen LogP contribution in [-0.4, -0.2) is 28.5 Å². The number of hydrogen-bond acceptors (Lipinski definition) is 3. The standard InChI is InChI=1S/C13H21N3O2/c1-9(2)5-6-14-13(18)7-16-11(4)12(8-17)10(3)15-16/h8-9H,5-7H2,1-4H3,(H,14,18). The number of aryl methyl sites for hydroxylation is 1. The zero-order chi connectivity index (χ0) is 13.7. The first-order valence-corrected chi connectivity index (χ1v) is 6.21. The number of hydrogen-bond donors (Lipinski definition) is 1. The summed E-state index contributed by atoms with van der Waals surface area (Å²) in [5, 5.41) is 7.04. The third-order valence-electron chi connectivity index (χ3n) is 2.89. The Kier molecular flexibility index (Phi) is 5.07. The molecule has 0 aliphatic carbocycles. The van der Waals surface area contributed by atoms with Crippen LogP contribution in [0.1, 0.15) is 42.0 Å². The second-order valence-corrected chi connectivity index (χ2v) is 4.89. The van der Waals surface area contributed by atoms with E-state index >= 15 is 0 Å². The van der Waals surface area contributed by atoms with Gasteiger partial charge in [-0.05, 0) is 26.2 Å². The maximum atomic E-state index is 11.7. The molecule has 1 rings (SSSR count). The summed E-state index contributed by atoms with van der Waals surface area (Å²) in [6.45, 7) is 8.64. The molecule has 0 saturated carbocycles. The minimum absolute atomic E-state index is 0.0706. The van der Waals surface area contributed by atoms with Crippen LogP contribution in [0.5, 0.6) is 0 Å². The fourth-order valence-corrected chi connectivity index (χ4v) is 1.73. The van der Waals surface area contributed by atoms with Gasteiger partial charge in [-0.2, -0.15) is 5.10 Å². The average Bonchev–Trinajstić information content (AvgIpc) is 2.53. The zero-order valence-electron chi connectivity index (χ0n) is 11.5. The summed E-state index contributed by atoms with van der Waals surface area (Å²) in [5.41, 5.74) is 1.98. The van der Waals surface area contributed by atoms with Crippen molar-refractivity contribution in [2.45, 2.75) is 40.7 Å². The molecule has 0 atom stereocenters. The highest BCUT2D eigenvalue weighted by Gasteiger charge is 2.12. The predicted octanol–water partition coefficient (Wildman–Crippen LogP) is 1.47. The average molecular weight is 251 g/mol. The van der Waals surface area contributed by atoms with Crippen LogP contribution in [0, 0.1) is 19.8 Å². The fourth-order valence-electron chi connectivity index (χ4n) is 1.73. The Balaban J connectivity index is 2.57. The van der Waals surface area contributed by atoms with Crippen LogP contribution in [0.2, 0.25) is 0 Å². The molecule has 18 heavy (non-hydrogen) atoms. The molecule has 1 aromatic heterocycles. The van der Waals surface area contributed by atoms with Crippen molar-refractivity contribution in [2.24, 2.45) is 5.92 Å². The van der Waals surface area contributed by atoms with Crippen molar-refractivity contribution in [3.8, 4) is 0 Å². The Bertz CT molecular complexity index is 436. The van der Waals surface area contributed by atoms with Crippen LogP contribution in [-0.2, 0) is 11.3 Å². The van der Waals surface area contributed by atoms with Gasteiger partial charge in [-0.1, -0.05) is 13.8 Å². The largest absolute Gasteiger partial charge is 0.354 e. The van der Waals surface area contributed by atoms with E-state index in [9.17, 15) is 9.59 Å². The molecule has 1 amide bonds. The number of nitrogens with one attached hydrogen (secondary N) is 1. The highest BCUT2D eigenvalue weighted by Crippen LogP contribution is 2.09. The molecule has 0 fully saturated rings. The maximum Gasteiger partial charge on any atom is 0.241 e. The number of aldehydes is 1. The summed E-state index contributed by atoms with van der Waals surface area (Å²) in [7, 11) is 0. The van der Waals surface area contributed by atoms with Crippen molar-refractivity contribution in [3.05, 3.63) is 17.0 Å². The maximum absolute atomic E-state index is 11.7. The molecule has 1 aromatic rings. The summed E-state index contributed by atoms with van der Waals surface area (Å²) in [4.78, 5) is 22.5. The van der Waals surface area contributed by atoms with Gasteiger partial charge in [0.1, 0.15) is 6.54 Å². The molecule has 0 spiro atoms. The van der Waals surface area contributed by atoms with Gasteiger partial charge in [0.2, 0.25) is 5.91 Å². The lowest BCUT2D eigenvalue weighted by molar-refractivity contribution is -0.121. The number of carbonyl (C=O) groups is 2. The third-order valence-corrected chi connectivity index (χ3v) is 2.89. The molecule has 1 heterocycles. The molecule has 0 aliphatic rings. The smallest absolute Gasteiger partial charge is 0.241 e. The predicted molar refractivity (Wildman–Crippen MR) is 69.6 cm³/mol. The van der Waals surface area contributed by atoms with Crippen LogP contribution in [0.3, 0.4) is 0 Å². The van der Waals surface area contributed by atoms with E-state index in [0.717, 1.165) is 18.4 Å². The summed E-state index contributed by atoms with van der Waals surface area (Å²) < 4.78 is 1.57. The van der Waals surface area contributed by atoms with E-state index < -0.39 is 0 Å². The topological polar surface area (TPSA) is 64.0 Å². The molecule has 5 nitrogen and oxygen atoms in total. The second-order valence-electron chi connectivity index (χ2n) is 4.89. The Morgan fingerprint density at radius 3 is 2.61 bits per heavy atom. The molecule has 0 aromatic carbocycles. The molecule has 100 valence electrons. The Morgan fingerprint density at radius 1 is 1.44 bits per heavy atom. The number of nitrogens with zero attached hydrogens (tertiary/aromatic N) is 2. The Morgan fingerprint density at radius 2 is 2.11 bits per heavy atom. The van der Waals surface area contributed by atoms with Crippen molar-refractivity contribution in [1.82, 2.24) is 15.1 Å². The van der Waals surface area contributed by atoms with Gasteiger partial charge in [0.15, 0.2) is 6.29 Å². The Hall–Kier alpha value is -1.65. The van der Waals surface area contributed by atoms with E-state index in [2.05, 4.69) is 24.3 Å². The van der Waals surface area contributed by atoms with Crippen molar-refractivity contribution in [1.29, 1.82) is 0 Å². The van der Waals surface area contributed by atoms with E-state index in [1.807, 2.05) is 0 Å². The third kappa shape index (κ3) is 3.68. The second kappa shape index (κ2) is 6.33. The van der Waals surface area contributed by atoms with E-state index in [0.29, 0.717) is 23.7 Å². The van der Waals surface area contributed by atoms with Crippen LogP contribution in [0.4, 0.5) is 0 Å². The van der Waals surface area contributed by atoms with Crippen LogP contribution in [0.25, 0.3) is 0 Å². The van der Waals surface area contributed by atoms with Gasteiger partial charge >= 0.3 is 0 Å². The molecule has 0 unspecified atom stereocenters. The first kappa shape index (κ1) is 14.4. The molecule has 1 N–H and O–H groups in total.